The van der Waals surface area contributed by atoms with Gasteiger partial charge in [-0.15, -0.1) is 24.5 Å². The molecule has 8 heteroatoms. The molecule has 4 nitrogen and oxygen atoms in total. The Balaban J connectivity index is 1.66. The van der Waals surface area contributed by atoms with Crippen molar-refractivity contribution in [2.24, 2.45) is 0 Å². The lowest BCUT2D eigenvalue weighted by Crippen LogP contribution is -2.24. The molecule has 3 aromatic rings. The van der Waals surface area contributed by atoms with E-state index >= 15 is 0 Å². The first-order valence-corrected chi connectivity index (χ1v) is 8.84. The van der Waals surface area contributed by atoms with Crippen LogP contribution in [0.3, 0.4) is 0 Å². The van der Waals surface area contributed by atoms with Crippen LogP contribution >= 0.6 is 11.3 Å². The highest BCUT2D eigenvalue weighted by molar-refractivity contribution is 7.13. The number of nitrogens with zero attached hydrogens (tertiary/aromatic N) is 1. The summed E-state index contributed by atoms with van der Waals surface area (Å²) in [6.45, 7) is 1.82. The molecule has 3 rings (SSSR count). The molecule has 0 aliphatic heterocycles. The molecule has 1 N–H and O–H groups in total. The Morgan fingerprint density at radius 3 is 2.48 bits per heavy atom. The minimum absolute atomic E-state index is 0.0848. The molecule has 27 heavy (non-hydrogen) atoms. The van der Waals surface area contributed by atoms with Gasteiger partial charge in [0.05, 0.1) is 0 Å². The summed E-state index contributed by atoms with van der Waals surface area (Å²) >= 11 is 1.51. The minimum Gasteiger partial charge on any atom is -0.405 e. The zero-order valence-corrected chi connectivity index (χ0v) is 15.0. The number of para-hydroxylation sites is 1. The molecule has 0 aliphatic rings. The average molecular weight is 392 g/mol. The third-order valence-electron chi connectivity index (χ3n) is 3.65. The number of ether oxygens (including phenoxy) is 1. The first-order chi connectivity index (χ1) is 12.8. The third-order valence-corrected chi connectivity index (χ3v) is 4.66. The number of rotatable bonds is 5. The Bertz CT molecular complexity index is 937. The van der Waals surface area contributed by atoms with Crippen LogP contribution in [0, 0.1) is 6.92 Å². The highest BCUT2D eigenvalue weighted by Gasteiger charge is 2.32. The first kappa shape index (κ1) is 18.9. The predicted molar refractivity (Wildman–Crippen MR) is 96.6 cm³/mol. The fourth-order valence-electron chi connectivity index (χ4n) is 2.40. The number of aromatic nitrogens is 1. The van der Waals surface area contributed by atoms with E-state index in [1.807, 2.05) is 12.3 Å². The third kappa shape index (κ3) is 5.07. The summed E-state index contributed by atoms with van der Waals surface area (Å²) in [5.74, 6) is -0.724. The summed E-state index contributed by atoms with van der Waals surface area (Å²) in [6, 6.07) is 12.6. The van der Waals surface area contributed by atoms with Crippen LogP contribution in [-0.4, -0.2) is 17.3 Å². The molecule has 140 valence electrons. The number of thiazole rings is 1. The van der Waals surface area contributed by atoms with E-state index in [1.165, 1.54) is 29.5 Å². The summed E-state index contributed by atoms with van der Waals surface area (Å²) in [7, 11) is 0. The van der Waals surface area contributed by atoms with Crippen molar-refractivity contribution in [1.82, 2.24) is 10.3 Å². The number of hydrogen-bond acceptors (Lipinski definition) is 4. The highest BCUT2D eigenvalue weighted by atomic mass is 32.1. The van der Waals surface area contributed by atoms with E-state index in [-0.39, 0.29) is 17.9 Å². The number of aryl methyl sites for hydroxylation is 1. The van der Waals surface area contributed by atoms with Crippen LogP contribution in [-0.2, 0) is 6.54 Å². The van der Waals surface area contributed by atoms with Gasteiger partial charge >= 0.3 is 6.36 Å². The number of nitrogens with one attached hydrogen (secondary N) is 1. The van der Waals surface area contributed by atoms with E-state index in [9.17, 15) is 18.0 Å². The van der Waals surface area contributed by atoms with Crippen LogP contribution in [0.4, 0.5) is 13.2 Å². The predicted octanol–water partition coefficient (Wildman–Crippen LogP) is 4.95. The van der Waals surface area contributed by atoms with Crippen LogP contribution in [0.15, 0.2) is 53.9 Å². The summed E-state index contributed by atoms with van der Waals surface area (Å²) < 4.78 is 41.3. The monoisotopic (exact) mass is 392 g/mol. The van der Waals surface area contributed by atoms with E-state index in [0.29, 0.717) is 5.56 Å². The largest absolute Gasteiger partial charge is 0.573 e. The van der Waals surface area contributed by atoms with Crippen molar-refractivity contribution < 1.29 is 22.7 Å². The SMILES string of the molecule is Cc1csc(-c2ccc(C(=O)NCc3ccccc3OC(F)(F)F)cc2)n1. The van der Waals surface area contributed by atoms with Gasteiger partial charge in [0.15, 0.2) is 0 Å². The molecule has 0 unspecified atom stereocenters. The number of amides is 1. The van der Waals surface area contributed by atoms with E-state index < -0.39 is 12.3 Å². The van der Waals surface area contributed by atoms with Crippen molar-refractivity contribution in [1.29, 1.82) is 0 Å². The van der Waals surface area contributed by atoms with Gasteiger partial charge in [-0.05, 0) is 25.1 Å². The van der Waals surface area contributed by atoms with E-state index in [4.69, 9.17) is 0 Å². The van der Waals surface area contributed by atoms with Crippen LogP contribution < -0.4 is 10.1 Å². The van der Waals surface area contributed by atoms with Gasteiger partial charge in [-0.3, -0.25) is 4.79 Å². The molecule has 0 radical (unpaired) electrons. The lowest BCUT2D eigenvalue weighted by Gasteiger charge is -2.13. The Kier molecular flexibility index (Phi) is 5.46. The van der Waals surface area contributed by atoms with Crippen molar-refractivity contribution in [3.05, 3.63) is 70.7 Å². The van der Waals surface area contributed by atoms with Gasteiger partial charge in [0.1, 0.15) is 10.8 Å². The van der Waals surface area contributed by atoms with Crippen LogP contribution in [0.2, 0.25) is 0 Å². The normalized spacial score (nSPS) is 11.3. The van der Waals surface area contributed by atoms with Gasteiger partial charge in [-0.2, -0.15) is 0 Å². The molecule has 0 spiro atoms. The second-order valence-electron chi connectivity index (χ2n) is 5.71. The summed E-state index contributed by atoms with van der Waals surface area (Å²) in [5.41, 5.74) is 2.46. The lowest BCUT2D eigenvalue weighted by atomic mass is 10.1. The fourth-order valence-corrected chi connectivity index (χ4v) is 3.21. The van der Waals surface area contributed by atoms with Crippen molar-refractivity contribution in [3.63, 3.8) is 0 Å². The molecule has 0 fully saturated rings. The molecule has 0 saturated heterocycles. The quantitative estimate of drug-likeness (QED) is 0.669. The maximum absolute atomic E-state index is 12.5. The summed E-state index contributed by atoms with van der Waals surface area (Å²) in [4.78, 5) is 16.7. The molecular formula is C19H15F3N2O2S. The Morgan fingerprint density at radius 2 is 1.85 bits per heavy atom. The molecular weight excluding hydrogens is 377 g/mol. The first-order valence-electron chi connectivity index (χ1n) is 7.96. The zero-order chi connectivity index (χ0) is 19.4. The lowest BCUT2D eigenvalue weighted by molar-refractivity contribution is -0.274. The Labute approximate surface area is 157 Å². The average Bonchev–Trinajstić information content (AvgIpc) is 3.06. The molecule has 0 saturated carbocycles. The van der Waals surface area contributed by atoms with Crippen molar-refractivity contribution in [2.45, 2.75) is 19.8 Å². The molecule has 0 atom stereocenters. The van der Waals surface area contributed by atoms with Crippen molar-refractivity contribution >= 4 is 17.2 Å². The van der Waals surface area contributed by atoms with E-state index in [1.54, 1.807) is 30.3 Å². The smallest absolute Gasteiger partial charge is 0.405 e. The van der Waals surface area contributed by atoms with Gasteiger partial charge in [0.2, 0.25) is 0 Å². The Morgan fingerprint density at radius 1 is 1.15 bits per heavy atom. The van der Waals surface area contributed by atoms with Crippen molar-refractivity contribution in [2.75, 3.05) is 0 Å². The molecule has 1 aromatic heterocycles. The maximum atomic E-state index is 12.5. The number of carbonyl (C=O) groups is 1. The molecule has 1 amide bonds. The number of halogens is 3. The molecule has 0 bridgehead atoms. The number of benzene rings is 2. The van der Waals surface area contributed by atoms with Gasteiger partial charge in [0, 0.05) is 34.3 Å². The summed E-state index contributed by atoms with van der Waals surface area (Å²) in [5, 5.41) is 5.41. The van der Waals surface area contributed by atoms with Gasteiger partial charge in [0.25, 0.3) is 5.91 Å². The van der Waals surface area contributed by atoms with Gasteiger partial charge in [-0.1, -0.05) is 30.3 Å². The number of carbonyl (C=O) groups excluding carboxylic acids is 1. The van der Waals surface area contributed by atoms with Crippen molar-refractivity contribution in [3.8, 4) is 16.3 Å². The van der Waals surface area contributed by atoms with E-state index in [2.05, 4.69) is 15.0 Å². The van der Waals surface area contributed by atoms with Gasteiger partial charge < -0.3 is 10.1 Å². The number of alkyl halides is 3. The van der Waals surface area contributed by atoms with Crippen LogP contribution in [0.1, 0.15) is 21.6 Å². The fraction of sp³-hybridized carbons (Fsp3) is 0.158. The molecule has 2 aromatic carbocycles. The standard InChI is InChI=1S/C19H15F3N2O2S/c1-12-11-27-18(24-12)14-8-6-13(7-9-14)17(25)23-10-15-4-2-3-5-16(15)26-19(20,21)22/h2-9,11H,10H2,1H3,(H,23,25). The Hall–Kier alpha value is -2.87. The zero-order valence-electron chi connectivity index (χ0n) is 14.2. The second kappa shape index (κ2) is 7.79. The van der Waals surface area contributed by atoms with E-state index in [0.717, 1.165) is 16.3 Å². The van der Waals surface area contributed by atoms with Gasteiger partial charge in [-0.25, -0.2) is 4.98 Å². The molecule has 0 aliphatic carbocycles. The molecule has 1 heterocycles. The second-order valence-corrected chi connectivity index (χ2v) is 6.57. The topological polar surface area (TPSA) is 51.2 Å². The van der Waals surface area contributed by atoms with Crippen LogP contribution in [0.5, 0.6) is 5.75 Å². The maximum Gasteiger partial charge on any atom is 0.573 e. The summed E-state index contributed by atoms with van der Waals surface area (Å²) in [6.07, 6.45) is -4.79. The minimum atomic E-state index is -4.79. The van der Waals surface area contributed by atoms with Crippen LogP contribution in [0.25, 0.3) is 10.6 Å². The highest BCUT2D eigenvalue weighted by Crippen LogP contribution is 2.26. The number of hydrogen-bond donors (Lipinski definition) is 1.